The van der Waals surface area contributed by atoms with E-state index < -0.39 is 0 Å². The molecule has 0 saturated carbocycles. The van der Waals surface area contributed by atoms with Crippen LogP contribution in [0.4, 0.5) is 0 Å². The Morgan fingerprint density at radius 2 is 2.07 bits per heavy atom. The zero-order valence-electron chi connectivity index (χ0n) is 15.7. The van der Waals surface area contributed by atoms with Crippen LogP contribution in [0.2, 0.25) is 0 Å². The molecular formula is C19H25N7OS. The molecule has 2 aromatic rings. The van der Waals surface area contributed by atoms with Crippen LogP contribution in [-0.2, 0) is 11.3 Å². The molecule has 1 aliphatic rings. The third kappa shape index (κ3) is 7.18. The molecule has 1 saturated heterocycles. The predicted octanol–water partition coefficient (Wildman–Crippen LogP) is 1.12. The summed E-state index contributed by atoms with van der Waals surface area (Å²) in [7, 11) is 0. The molecule has 0 bridgehead atoms. The van der Waals surface area contributed by atoms with Crippen LogP contribution in [0.5, 0.6) is 0 Å². The van der Waals surface area contributed by atoms with Crippen molar-refractivity contribution in [3.8, 4) is 0 Å². The first kappa shape index (κ1) is 20.1. The third-order valence-electron chi connectivity index (χ3n) is 4.15. The van der Waals surface area contributed by atoms with E-state index >= 15 is 0 Å². The Kier molecular flexibility index (Phi) is 8.10. The van der Waals surface area contributed by atoms with E-state index in [1.807, 2.05) is 30.5 Å². The zero-order valence-corrected chi connectivity index (χ0v) is 16.5. The smallest absolute Gasteiger partial charge is 0.187 e. The summed E-state index contributed by atoms with van der Waals surface area (Å²) in [5, 5.41) is 16.0. The number of nitrogens with one attached hydrogen (secondary N) is 2. The largest absolute Gasteiger partial charge is 0.379 e. The lowest BCUT2D eigenvalue weighted by Gasteiger charge is -2.26. The van der Waals surface area contributed by atoms with Crippen LogP contribution in [0.3, 0.4) is 0 Å². The van der Waals surface area contributed by atoms with Gasteiger partial charge in [-0.3, -0.25) is 10.3 Å². The fourth-order valence-electron chi connectivity index (χ4n) is 2.71. The second-order valence-corrected chi connectivity index (χ2v) is 6.69. The Hall–Kier alpha value is -2.62. The van der Waals surface area contributed by atoms with Crippen molar-refractivity contribution in [3.05, 3.63) is 53.9 Å². The molecule has 0 spiro atoms. The lowest BCUT2D eigenvalue weighted by Crippen LogP contribution is -2.42. The molecule has 1 aliphatic heterocycles. The first-order valence-corrected chi connectivity index (χ1v) is 9.68. The van der Waals surface area contributed by atoms with Crippen LogP contribution in [0.25, 0.3) is 6.08 Å². The number of thiocarbonyl (C=S) groups is 1. The van der Waals surface area contributed by atoms with E-state index in [0.717, 1.165) is 45.1 Å². The highest BCUT2D eigenvalue weighted by atomic mass is 32.1. The van der Waals surface area contributed by atoms with Gasteiger partial charge in [-0.15, -0.1) is 5.10 Å². The van der Waals surface area contributed by atoms with Gasteiger partial charge >= 0.3 is 0 Å². The molecule has 2 heterocycles. The molecule has 8 nitrogen and oxygen atoms in total. The first-order chi connectivity index (χ1) is 13.8. The number of aromatic nitrogens is 3. The van der Waals surface area contributed by atoms with Gasteiger partial charge in [0, 0.05) is 32.4 Å². The second-order valence-electron chi connectivity index (χ2n) is 6.29. The minimum absolute atomic E-state index is 0.506. The molecule has 2 N–H and O–H groups in total. The lowest BCUT2D eigenvalue weighted by atomic mass is 10.2. The Bertz CT molecular complexity index is 785. The Morgan fingerprint density at radius 1 is 1.25 bits per heavy atom. The number of nitrogens with zero attached hydrogens (tertiary/aromatic N) is 5. The second kappa shape index (κ2) is 11.3. The molecule has 1 aromatic heterocycles. The number of hydrogen-bond donors (Lipinski definition) is 2. The highest BCUT2D eigenvalue weighted by Crippen LogP contribution is 2.03. The summed E-state index contributed by atoms with van der Waals surface area (Å²) < 4.78 is 7.13. The van der Waals surface area contributed by atoms with Crippen LogP contribution < -0.4 is 10.7 Å². The van der Waals surface area contributed by atoms with E-state index in [2.05, 4.69) is 43.2 Å². The van der Waals surface area contributed by atoms with Gasteiger partial charge in [-0.2, -0.15) is 5.10 Å². The van der Waals surface area contributed by atoms with Crippen LogP contribution in [0, 0.1) is 0 Å². The lowest BCUT2D eigenvalue weighted by molar-refractivity contribution is 0.0389. The maximum Gasteiger partial charge on any atom is 0.187 e. The summed E-state index contributed by atoms with van der Waals surface area (Å²) in [6.07, 6.45) is 7.16. The number of ether oxygens (including phenoxy) is 1. The fraction of sp³-hybridized carbons (Fsp3) is 0.368. The average Bonchev–Trinajstić information content (AvgIpc) is 3.16. The van der Waals surface area contributed by atoms with E-state index in [4.69, 9.17) is 17.0 Å². The van der Waals surface area contributed by atoms with Crippen molar-refractivity contribution in [1.29, 1.82) is 0 Å². The average molecular weight is 400 g/mol. The van der Waals surface area contributed by atoms with Crippen LogP contribution in [0.15, 0.2) is 47.7 Å². The molecule has 0 amide bonds. The molecule has 1 fully saturated rings. The Balaban J connectivity index is 1.32. The molecule has 1 aromatic carbocycles. The molecule has 0 radical (unpaired) electrons. The van der Waals surface area contributed by atoms with E-state index in [-0.39, 0.29) is 0 Å². The number of allylic oxidation sites excluding steroid dienone is 1. The summed E-state index contributed by atoms with van der Waals surface area (Å²) in [6.45, 7) is 5.97. The summed E-state index contributed by atoms with van der Waals surface area (Å²) in [5.41, 5.74) is 4.75. The third-order valence-corrected chi connectivity index (χ3v) is 4.39. The van der Waals surface area contributed by atoms with Gasteiger partial charge < -0.3 is 10.1 Å². The quantitative estimate of drug-likeness (QED) is 0.391. The summed E-state index contributed by atoms with van der Waals surface area (Å²) >= 11 is 5.20. The van der Waals surface area contributed by atoms with Crippen molar-refractivity contribution in [2.24, 2.45) is 5.10 Å². The van der Waals surface area contributed by atoms with Crippen LogP contribution >= 0.6 is 12.2 Å². The summed E-state index contributed by atoms with van der Waals surface area (Å²) in [6, 6.07) is 10.1. The van der Waals surface area contributed by atoms with Gasteiger partial charge in [0.15, 0.2) is 5.11 Å². The minimum Gasteiger partial charge on any atom is -0.379 e. The molecule has 0 unspecified atom stereocenters. The van der Waals surface area contributed by atoms with Crippen LogP contribution in [0.1, 0.15) is 11.3 Å². The molecule has 148 valence electrons. The number of hydrogen-bond acceptors (Lipinski definition) is 6. The Labute approximate surface area is 170 Å². The van der Waals surface area contributed by atoms with Gasteiger partial charge in [0.05, 0.1) is 26.0 Å². The zero-order chi connectivity index (χ0) is 19.4. The number of benzene rings is 1. The molecular weight excluding hydrogens is 374 g/mol. The fourth-order valence-corrected chi connectivity index (χ4v) is 2.86. The molecule has 0 atom stereocenters. The maximum absolute atomic E-state index is 5.33. The van der Waals surface area contributed by atoms with Gasteiger partial charge in [0.1, 0.15) is 5.69 Å². The van der Waals surface area contributed by atoms with Crippen molar-refractivity contribution in [2.75, 3.05) is 39.4 Å². The predicted molar refractivity (Wildman–Crippen MR) is 114 cm³/mol. The van der Waals surface area contributed by atoms with Gasteiger partial charge in [-0.05, 0) is 29.9 Å². The van der Waals surface area contributed by atoms with Crippen molar-refractivity contribution >= 4 is 29.6 Å². The summed E-state index contributed by atoms with van der Waals surface area (Å²) in [4.78, 5) is 2.34. The monoisotopic (exact) mass is 399 g/mol. The van der Waals surface area contributed by atoms with Crippen molar-refractivity contribution in [1.82, 2.24) is 30.6 Å². The maximum atomic E-state index is 5.33. The number of hydrazone groups is 1. The van der Waals surface area contributed by atoms with Crippen LogP contribution in [-0.4, -0.2) is 70.6 Å². The molecule has 0 aliphatic carbocycles. The molecule has 3 rings (SSSR count). The highest BCUT2D eigenvalue weighted by molar-refractivity contribution is 7.80. The van der Waals surface area contributed by atoms with Gasteiger partial charge in [0.25, 0.3) is 0 Å². The van der Waals surface area contributed by atoms with Gasteiger partial charge in [-0.25, -0.2) is 4.68 Å². The highest BCUT2D eigenvalue weighted by Gasteiger charge is 2.09. The SMILES string of the molecule is S=C(NCCN1CCOCC1)N/N=C/C=C/c1cn(Cc2ccccc2)nn1. The standard InChI is InChI=1S/C19H25N7OS/c28-19(20-9-10-25-11-13-27-14-12-25)23-21-8-4-7-18-16-26(24-22-18)15-17-5-2-1-3-6-17/h1-8,16H,9-15H2,(H2,20,23,28)/b7-4+,21-8+. The minimum atomic E-state index is 0.506. The van der Waals surface area contributed by atoms with Gasteiger partial charge in [0.2, 0.25) is 0 Å². The van der Waals surface area contributed by atoms with E-state index in [9.17, 15) is 0 Å². The van der Waals surface area contributed by atoms with Crippen molar-refractivity contribution in [3.63, 3.8) is 0 Å². The number of rotatable bonds is 8. The van der Waals surface area contributed by atoms with Crippen molar-refractivity contribution in [2.45, 2.75) is 6.54 Å². The van der Waals surface area contributed by atoms with E-state index in [1.165, 1.54) is 5.56 Å². The topological polar surface area (TPSA) is 79.6 Å². The van der Waals surface area contributed by atoms with Gasteiger partial charge in [-0.1, -0.05) is 35.5 Å². The molecule has 28 heavy (non-hydrogen) atoms. The Morgan fingerprint density at radius 3 is 2.89 bits per heavy atom. The van der Waals surface area contributed by atoms with E-state index in [1.54, 1.807) is 17.0 Å². The number of morpholine rings is 1. The van der Waals surface area contributed by atoms with E-state index in [0.29, 0.717) is 11.7 Å². The first-order valence-electron chi connectivity index (χ1n) is 9.27. The van der Waals surface area contributed by atoms with Crippen molar-refractivity contribution < 1.29 is 4.74 Å². The normalized spacial score (nSPS) is 15.3. The molecule has 9 heteroatoms. The summed E-state index contributed by atoms with van der Waals surface area (Å²) in [5.74, 6) is 0.